The lowest BCUT2D eigenvalue weighted by Crippen LogP contribution is -2.44. The molecule has 2 amide bonds. The Morgan fingerprint density at radius 2 is 1.70 bits per heavy atom. The van der Waals surface area contributed by atoms with Crippen molar-refractivity contribution >= 4 is 21.7 Å². The molecule has 0 N–H and O–H groups in total. The minimum atomic E-state index is -3.08. The molecule has 154 valence electrons. The maximum absolute atomic E-state index is 12.9. The van der Waals surface area contributed by atoms with E-state index >= 15 is 0 Å². The van der Waals surface area contributed by atoms with Crippen LogP contribution in [0.2, 0.25) is 0 Å². The van der Waals surface area contributed by atoms with Crippen LogP contribution in [0.4, 0.5) is 0 Å². The maximum Gasteiger partial charge on any atom is 0.228 e. The van der Waals surface area contributed by atoms with Gasteiger partial charge in [-0.25, -0.2) is 8.42 Å². The molecule has 1 unspecified atom stereocenters. The van der Waals surface area contributed by atoms with Crippen molar-refractivity contribution in [1.82, 2.24) is 9.80 Å². The lowest BCUT2D eigenvalue weighted by atomic mass is 9.86. The fourth-order valence-corrected chi connectivity index (χ4v) is 6.96. The molecule has 0 aromatic rings. The van der Waals surface area contributed by atoms with Crippen LogP contribution in [0.25, 0.3) is 0 Å². The molecule has 0 spiro atoms. The Balaban J connectivity index is 1.57. The Morgan fingerprint density at radius 3 is 2.33 bits per heavy atom. The molecule has 3 aliphatic rings. The Hall–Kier alpha value is -1.11. The quantitative estimate of drug-likeness (QED) is 0.711. The summed E-state index contributed by atoms with van der Waals surface area (Å²) in [7, 11) is -3.08. The molecule has 3 saturated heterocycles. The zero-order valence-corrected chi connectivity index (χ0v) is 17.8. The van der Waals surface area contributed by atoms with E-state index in [1.807, 2.05) is 23.6 Å². The molecule has 0 aromatic carbocycles. The van der Waals surface area contributed by atoms with Gasteiger partial charge in [-0.05, 0) is 37.5 Å². The van der Waals surface area contributed by atoms with Gasteiger partial charge in [0.1, 0.15) is 0 Å². The van der Waals surface area contributed by atoms with Crippen molar-refractivity contribution in [3.63, 3.8) is 0 Å². The summed E-state index contributed by atoms with van der Waals surface area (Å²) < 4.78 is 24.0. The molecule has 27 heavy (non-hydrogen) atoms. The third-order valence-corrected chi connectivity index (χ3v) is 9.04. The Morgan fingerprint density at radius 1 is 1.04 bits per heavy atom. The first-order valence-corrected chi connectivity index (χ1v) is 12.1. The molecule has 3 aliphatic heterocycles. The molecule has 0 bridgehead atoms. The number of likely N-dealkylation sites (tertiary alicyclic amines) is 2. The van der Waals surface area contributed by atoms with Gasteiger partial charge < -0.3 is 9.80 Å². The van der Waals surface area contributed by atoms with E-state index in [-0.39, 0.29) is 29.4 Å². The summed E-state index contributed by atoms with van der Waals surface area (Å²) in [6.07, 6.45) is 4.21. The summed E-state index contributed by atoms with van der Waals surface area (Å²) >= 11 is 0. The van der Waals surface area contributed by atoms with Crippen LogP contribution in [0, 0.1) is 17.3 Å². The van der Waals surface area contributed by atoms with Gasteiger partial charge >= 0.3 is 0 Å². The van der Waals surface area contributed by atoms with Crippen LogP contribution in [0.5, 0.6) is 0 Å². The van der Waals surface area contributed by atoms with Crippen molar-refractivity contribution in [3.05, 3.63) is 0 Å². The smallest absolute Gasteiger partial charge is 0.228 e. The van der Waals surface area contributed by atoms with E-state index in [2.05, 4.69) is 6.92 Å². The van der Waals surface area contributed by atoms with Crippen LogP contribution in [-0.2, 0) is 19.4 Å². The van der Waals surface area contributed by atoms with Gasteiger partial charge in [-0.3, -0.25) is 9.59 Å². The highest BCUT2D eigenvalue weighted by Crippen LogP contribution is 2.35. The molecule has 0 saturated carbocycles. The molecule has 3 fully saturated rings. The SMILES string of the molecule is CCCC(C)(C)C(=O)N1C[C@H]2CN(C(=O)CC3CCCS3(=O)=O)CC[C@H]2C1. The van der Waals surface area contributed by atoms with E-state index in [9.17, 15) is 18.0 Å². The number of hydrogen-bond acceptors (Lipinski definition) is 4. The van der Waals surface area contributed by atoms with E-state index in [1.165, 1.54) is 0 Å². The van der Waals surface area contributed by atoms with Crippen molar-refractivity contribution in [1.29, 1.82) is 0 Å². The molecule has 3 rings (SSSR count). The van der Waals surface area contributed by atoms with Crippen molar-refractivity contribution in [2.24, 2.45) is 17.3 Å². The number of carbonyl (C=O) groups excluding carboxylic acids is 2. The van der Waals surface area contributed by atoms with Crippen LogP contribution in [0.3, 0.4) is 0 Å². The number of hydrogen-bond donors (Lipinski definition) is 0. The largest absolute Gasteiger partial charge is 0.342 e. The monoisotopic (exact) mass is 398 g/mol. The average molecular weight is 399 g/mol. The predicted molar refractivity (Wildman–Crippen MR) is 105 cm³/mol. The Labute approximate surface area is 163 Å². The van der Waals surface area contributed by atoms with Crippen molar-refractivity contribution in [3.8, 4) is 0 Å². The number of fused-ring (bicyclic) bond motifs is 1. The van der Waals surface area contributed by atoms with E-state index in [0.29, 0.717) is 37.8 Å². The van der Waals surface area contributed by atoms with Gasteiger partial charge in [0.05, 0.1) is 11.0 Å². The van der Waals surface area contributed by atoms with E-state index in [0.717, 1.165) is 32.4 Å². The summed E-state index contributed by atoms with van der Waals surface area (Å²) in [5.74, 6) is 1.21. The van der Waals surface area contributed by atoms with Gasteiger partial charge in [-0.15, -0.1) is 0 Å². The molecule has 3 atom stereocenters. The van der Waals surface area contributed by atoms with Crippen LogP contribution in [0.15, 0.2) is 0 Å². The third kappa shape index (κ3) is 4.33. The van der Waals surface area contributed by atoms with Crippen molar-refractivity contribution < 1.29 is 18.0 Å². The number of rotatable bonds is 5. The van der Waals surface area contributed by atoms with Crippen molar-refractivity contribution in [2.45, 2.75) is 64.5 Å². The lowest BCUT2D eigenvalue weighted by Gasteiger charge is -2.34. The van der Waals surface area contributed by atoms with E-state index in [1.54, 1.807) is 0 Å². The van der Waals surface area contributed by atoms with Gasteiger partial charge in [0.25, 0.3) is 0 Å². The Bertz CT molecular complexity index is 688. The minimum Gasteiger partial charge on any atom is -0.342 e. The molecule has 0 radical (unpaired) electrons. The highest BCUT2D eigenvalue weighted by molar-refractivity contribution is 7.92. The number of amides is 2. The topological polar surface area (TPSA) is 74.8 Å². The van der Waals surface area contributed by atoms with Gasteiger partial charge in [-0.1, -0.05) is 27.2 Å². The highest BCUT2D eigenvalue weighted by Gasteiger charge is 2.43. The van der Waals surface area contributed by atoms with Crippen LogP contribution in [0.1, 0.15) is 59.3 Å². The number of carbonyl (C=O) groups is 2. The molecule has 0 aliphatic carbocycles. The molecule has 7 heteroatoms. The van der Waals surface area contributed by atoms with E-state index < -0.39 is 15.1 Å². The zero-order valence-electron chi connectivity index (χ0n) is 16.9. The number of piperidine rings is 1. The third-order valence-electron chi connectivity index (χ3n) is 6.76. The molecule has 0 aromatic heterocycles. The fourth-order valence-electron chi connectivity index (χ4n) is 5.13. The minimum absolute atomic E-state index is 0.0278. The molecular weight excluding hydrogens is 364 g/mol. The summed E-state index contributed by atoms with van der Waals surface area (Å²) in [4.78, 5) is 29.4. The van der Waals surface area contributed by atoms with Gasteiger partial charge in [0, 0.05) is 38.0 Å². The first-order valence-electron chi connectivity index (χ1n) is 10.4. The summed E-state index contributed by atoms with van der Waals surface area (Å²) in [5.41, 5.74) is -0.325. The highest BCUT2D eigenvalue weighted by atomic mass is 32.2. The van der Waals surface area contributed by atoms with Crippen molar-refractivity contribution in [2.75, 3.05) is 31.9 Å². The zero-order chi connectivity index (χ0) is 19.8. The maximum atomic E-state index is 12.9. The number of sulfone groups is 1. The summed E-state index contributed by atoms with van der Waals surface area (Å²) in [5, 5.41) is -0.487. The normalized spacial score (nSPS) is 30.4. The first kappa shape index (κ1) is 20.6. The Kier molecular flexibility index (Phi) is 5.90. The molecular formula is C20H34N2O4S. The number of nitrogens with zero attached hydrogens (tertiary/aromatic N) is 2. The second kappa shape index (κ2) is 7.72. The standard InChI is InChI=1S/C20H34N2O4S/c1-4-8-20(2,3)19(24)22-12-15-7-9-21(13-16(15)14-22)18(23)11-17-6-5-10-27(17,25)26/h15-17H,4-14H2,1-3H3/t15-,16+,17?/m0/s1. The van der Waals surface area contributed by atoms with Gasteiger partial charge in [0.15, 0.2) is 9.84 Å². The molecule has 3 heterocycles. The van der Waals surface area contributed by atoms with E-state index in [4.69, 9.17) is 0 Å². The lowest BCUT2D eigenvalue weighted by molar-refractivity contribution is -0.139. The predicted octanol–water partition coefficient (Wildman–Crippen LogP) is 2.09. The molecule has 6 nitrogen and oxygen atoms in total. The van der Waals surface area contributed by atoms with Gasteiger partial charge in [-0.2, -0.15) is 0 Å². The van der Waals surface area contributed by atoms with Crippen LogP contribution >= 0.6 is 0 Å². The average Bonchev–Trinajstić information content (AvgIpc) is 3.16. The van der Waals surface area contributed by atoms with Crippen LogP contribution in [-0.4, -0.2) is 67.2 Å². The first-order chi connectivity index (χ1) is 12.6. The summed E-state index contributed by atoms with van der Waals surface area (Å²) in [6.45, 7) is 9.03. The van der Waals surface area contributed by atoms with Crippen LogP contribution < -0.4 is 0 Å². The second-order valence-corrected chi connectivity index (χ2v) is 11.7. The van der Waals surface area contributed by atoms with Gasteiger partial charge in [0.2, 0.25) is 11.8 Å². The summed E-state index contributed by atoms with van der Waals surface area (Å²) in [6, 6.07) is 0. The fraction of sp³-hybridized carbons (Fsp3) is 0.900. The second-order valence-electron chi connectivity index (χ2n) is 9.33.